The van der Waals surface area contributed by atoms with Crippen LogP contribution in [0.3, 0.4) is 0 Å². The van der Waals surface area contributed by atoms with Gasteiger partial charge in [0.25, 0.3) is 0 Å². The van der Waals surface area contributed by atoms with E-state index in [1.165, 1.54) is 0 Å². The molecule has 0 saturated carbocycles. The smallest absolute Gasteiger partial charge is 0.213 e. The first-order valence-corrected chi connectivity index (χ1v) is 12.3. The molecule has 0 spiro atoms. The van der Waals surface area contributed by atoms with Crippen molar-refractivity contribution in [2.75, 3.05) is 39.1 Å². The number of aryl methyl sites for hydroxylation is 1. The Morgan fingerprint density at radius 3 is 2.77 bits per heavy atom. The van der Waals surface area contributed by atoms with E-state index in [-0.39, 0.29) is 48.4 Å². The molecule has 31 heavy (non-hydrogen) atoms. The second kappa shape index (κ2) is 14.1. The van der Waals surface area contributed by atoms with Crippen molar-refractivity contribution in [3.05, 3.63) is 29.3 Å². The van der Waals surface area contributed by atoms with E-state index >= 15 is 0 Å². The molecule has 1 aromatic carbocycles. The van der Waals surface area contributed by atoms with Crippen LogP contribution in [0.15, 0.2) is 23.2 Å². The van der Waals surface area contributed by atoms with Gasteiger partial charge >= 0.3 is 0 Å². The highest BCUT2D eigenvalue weighted by atomic mass is 127. The summed E-state index contributed by atoms with van der Waals surface area (Å²) in [6.45, 7) is 7.89. The molecule has 1 fully saturated rings. The number of nitrogens with one attached hydrogen (secondary N) is 3. The third-order valence-electron chi connectivity index (χ3n) is 4.98. The molecular weight excluding hydrogens is 531 g/mol. The van der Waals surface area contributed by atoms with Crippen LogP contribution in [0.1, 0.15) is 50.3 Å². The summed E-state index contributed by atoms with van der Waals surface area (Å²) in [6, 6.07) is 5.96. The highest BCUT2D eigenvalue weighted by Crippen LogP contribution is 2.25. The summed E-state index contributed by atoms with van der Waals surface area (Å²) >= 11 is 0. The lowest BCUT2D eigenvalue weighted by atomic mass is 10.0. The number of guanidine groups is 1. The number of sulfonamides is 1. The lowest BCUT2D eigenvalue weighted by molar-refractivity contribution is 0.0200. The fraction of sp³-hybridized carbons (Fsp3) is 0.667. The normalized spacial score (nSPS) is 18.1. The average Bonchev–Trinajstić information content (AvgIpc) is 2.73. The number of benzene rings is 1. The Morgan fingerprint density at radius 1 is 1.35 bits per heavy atom. The predicted molar refractivity (Wildman–Crippen MR) is 136 cm³/mol. The van der Waals surface area contributed by atoms with Gasteiger partial charge in [-0.05, 0) is 46.1 Å². The first-order chi connectivity index (χ1) is 14.3. The third-order valence-corrected chi connectivity index (χ3v) is 6.31. The summed E-state index contributed by atoms with van der Waals surface area (Å²) in [5, 5.41) is 6.50. The molecular formula is C21H37IN4O4S. The van der Waals surface area contributed by atoms with Crippen LogP contribution in [-0.4, -0.2) is 59.6 Å². The van der Waals surface area contributed by atoms with Gasteiger partial charge in [-0.2, -0.15) is 0 Å². The fourth-order valence-corrected chi connectivity index (χ4v) is 4.25. The maximum absolute atomic E-state index is 12.3. The molecule has 1 aliphatic heterocycles. The van der Waals surface area contributed by atoms with Gasteiger partial charge in [0.1, 0.15) is 5.75 Å². The highest BCUT2D eigenvalue weighted by molar-refractivity contribution is 14.0. The zero-order valence-electron chi connectivity index (χ0n) is 18.9. The molecule has 0 amide bonds. The summed E-state index contributed by atoms with van der Waals surface area (Å²) < 4.78 is 38.3. The molecule has 3 N–H and O–H groups in total. The van der Waals surface area contributed by atoms with Gasteiger partial charge in [-0.25, -0.2) is 13.1 Å². The van der Waals surface area contributed by atoms with Gasteiger partial charge in [0.15, 0.2) is 5.96 Å². The topological polar surface area (TPSA) is 101 Å². The standard InChI is InChI=1S/C21H36N4O4S.HI/c1-5-22-21(25-17(3)19-14-16(2)9-10-20(19)28-4)23-11-13-30(26,27)24-15-18-8-6-7-12-29-18;/h9-10,14,17-18,24H,5-8,11-13,15H2,1-4H3,(H2,22,23,25);1H. The summed E-state index contributed by atoms with van der Waals surface area (Å²) in [5.41, 5.74) is 2.16. The van der Waals surface area contributed by atoms with Crippen molar-refractivity contribution in [2.45, 2.75) is 52.2 Å². The average molecular weight is 569 g/mol. The van der Waals surface area contributed by atoms with Gasteiger partial charge in [0.2, 0.25) is 10.0 Å². The molecule has 0 aromatic heterocycles. The Bertz CT molecular complexity index is 799. The molecule has 2 rings (SSSR count). The van der Waals surface area contributed by atoms with E-state index in [1.54, 1.807) is 7.11 Å². The molecule has 0 bridgehead atoms. The van der Waals surface area contributed by atoms with Crippen molar-refractivity contribution in [3.63, 3.8) is 0 Å². The van der Waals surface area contributed by atoms with Crippen LogP contribution in [0, 0.1) is 6.92 Å². The Labute approximate surface area is 204 Å². The minimum atomic E-state index is -3.40. The van der Waals surface area contributed by atoms with Gasteiger partial charge in [-0.3, -0.25) is 4.99 Å². The van der Waals surface area contributed by atoms with Crippen molar-refractivity contribution in [3.8, 4) is 5.75 Å². The summed E-state index contributed by atoms with van der Waals surface area (Å²) in [4.78, 5) is 4.44. The predicted octanol–water partition coefficient (Wildman–Crippen LogP) is 2.73. The minimum absolute atomic E-state index is 0. The highest BCUT2D eigenvalue weighted by Gasteiger charge is 2.18. The lowest BCUT2D eigenvalue weighted by Gasteiger charge is -2.22. The maximum Gasteiger partial charge on any atom is 0.213 e. The van der Waals surface area contributed by atoms with Crippen LogP contribution in [0.5, 0.6) is 5.75 Å². The number of hydrogen-bond donors (Lipinski definition) is 3. The van der Waals surface area contributed by atoms with E-state index < -0.39 is 10.0 Å². The van der Waals surface area contributed by atoms with Crippen LogP contribution in [0.4, 0.5) is 0 Å². The Balaban J connectivity index is 0.00000480. The second-order valence-electron chi connectivity index (χ2n) is 7.53. The Morgan fingerprint density at radius 2 is 2.13 bits per heavy atom. The number of nitrogens with zero attached hydrogens (tertiary/aromatic N) is 1. The number of rotatable bonds is 10. The summed E-state index contributed by atoms with van der Waals surface area (Å²) in [7, 11) is -1.75. The van der Waals surface area contributed by atoms with E-state index in [4.69, 9.17) is 9.47 Å². The molecule has 8 nitrogen and oxygen atoms in total. The van der Waals surface area contributed by atoms with Gasteiger partial charge in [-0.1, -0.05) is 17.7 Å². The van der Waals surface area contributed by atoms with Crippen LogP contribution in [0.25, 0.3) is 0 Å². The van der Waals surface area contributed by atoms with Gasteiger partial charge < -0.3 is 20.1 Å². The van der Waals surface area contributed by atoms with Gasteiger partial charge in [0, 0.05) is 25.3 Å². The van der Waals surface area contributed by atoms with E-state index in [2.05, 4.69) is 26.4 Å². The molecule has 1 saturated heterocycles. The zero-order valence-corrected chi connectivity index (χ0v) is 22.1. The minimum Gasteiger partial charge on any atom is -0.496 e. The van der Waals surface area contributed by atoms with Crippen molar-refractivity contribution in [2.24, 2.45) is 4.99 Å². The summed E-state index contributed by atoms with van der Waals surface area (Å²) in [6.07, 6.45) is 3.00. The van der Waals surface area contributed by atoms with E-state index in [9.17, 15) is 8.42 Å². The molecule has 10 heteroatoms. The molecule has 1 aromatic rings. The Kier molecular flexibility index (Phi) is 12.7. The van der Waals surface area contributed by atoms with Crippen LogP contribution in [0.2, 0.25) is 0 Å². The number of hydrogen-bond acceptors (Lipinski definition) is 5. The second-order valence-corrected chi connectivity index (χ2v) is 9.45. The largest absolute Gasteiger partial charge is 0.496 e. The van der Waals surface area contributed by atoms with Crippen molar-refractivity contribution in [1.29, 1.82) is 0 Å². The number of methoxy groups -OCH3 is 1. The van der Waals surface area contributed by atoms with E-state index in [1.807, 2.05) is 32.9 Å². The van der Waals surface area contributed by atoms with Crippen LogP contribution < -0.4 is 20.1 Å². The number of ether oxygens (including phenoxy) is 2. The molecule has 178 valence electrons. The first-order valence-electron chi connectivity index (χ1n) is 10.6. The van der Waals surface area contributed by atoms with Gasteiger partial charge in [-0.15, -0.1) is 24.0 Å². The van der Waals surface area contributed by atoms with E-state index in [0.717, 1.165) is 36.1 Å². The third kappa shape index (κ3) is 9.92. The van der Waals surface area contributed by atoms with Crippen molar-refractivity contribution in [1.82, 2.24) is 15.4 Å². The molecule has 2 atom stereocenters. The zero-order chi connectivity index (χ0) is 22.0. The van der Waals surface area contributed by atoms with Crippen LogP contribution in [-0.2, 0) is 14.8 Å². The maximum atomic E-state index is 12.3. The summed E-state index contributed by atoms with van der Waals surface area (Å²) in [5.74, 6) is 1.30. The molecule has 0 radical (unpaired) electrons. The molecule has 2 unspecified atom stereocenters. The lowest BCUT2D eigenvalue weighted by Crippen LogP contribution is -2.40. The Hall–Kier alpha value is -1.11. The monoisotopic (exact) mass is 568 g/mol. The number of halogens is 1. The molecule has 0 aliphatic carbocycles. The molecule has 1 heterocycles. The quantitative estimate of drug-likeness (QED) is 0.228. The number of aliphatic imine (C=N–C) groups is 1. The molecule has 1 aliphatic rings. The SMILES string of the molecule is CCNC(=NCCS(=O)(=O)NCC1CCCCO1)NC(C)c1cc(C)ccc1OC.I. The van der Waals surface area contributed by atoms with Gasteiger partial charge in [0.05, 0.1) is 31.6 Å². The van der Waals surface area contributed by atoms with Crippen LogP contribution >= 0.6 is 24.0 Å². The van der Waals surface area contributed by atoms with Crippen molar-refractivity contribution < 1.29 is 17.9 Å². The van der Waals surface area contributed by atoms with E-state index in [0.29, 0.717) is 25.7 Å². The first kappa shape index (κ1) is 27.9. The fourth-order valence-electron chi connectivity index (χ4n) is 3.33. The van der Waals surface area contributed by atoms with Crippen molar-refractivity contribution >= 4 is 40.0 Å².